The molecule has 0 amide bonds. The third-order valence-corrected chi connectivity index (χ3v) is 13.7. The molecule has 0 bridgehead atoms. The SMILES string of the molecule is CCOC(OCC)[SiH2]CCCSSSSCCC[SiH2]C(OCC)OCC. The Morgan fingerprint density at radius 1 is 0.615 bits per heavy atom. The Labute approximate surface area is 181 Å². The predicted octanol–water partition coefficient (Wildman–Crippen LogP) is 4.33. The van der Waals surface area contributed by atoms with E-state index in [9.17, 15) is 0 Å². The lowest BCUT2D eigenvalue weighted by Gasteiger charge is -2.16. The van der Waals surface area contributed by atoms with Crippen LogP contribution < -0.4 is 0 Å². The van der Waals surface area contributed by atoms with E-state index in [0.717, 1.165) is 26.4 Å². The van der Waals surface area contributed by atoms with Gasteiger partial charge in [-0.15, -0.1) is 0 Å². The molecule has 0 spiro atoms. The molecular formula is C16H38O4S4Si2. The molecule has 4 nitrogen and oxygen atoms in total. The Morgan fingerprint density at radius 3 is 1.27 bits per heavy atom. The van der Waals surface area contributed by atoms with Crippen LogP contribution in [0, 0.1) is 0 Å². The molecule has 0 aliphatic carbocycles. The van der Waals surface area contributed by atoms with E-state index in [4.69, 9.17) is 18.9 Å². The van der Waals surface area contributed by atoms with Gasteiger partial charge in [0.05, 0.1) is 19.0 Å². The second-order valence-corrected chi connectivity index (χ2v) is 15.6. The Balaban J connectivity index is 3.33. The van der Waals surface area contributed by atoms with Gasteiger partial charge in [0.2, 0.25) is 0 Å². The highest BCUT2D eigenvalue weighted by Gasteiger charge is 2.08. The van der Waals surface area contributed by atoms with Crippen LogP contribution in [0.2, 0.25) is 12.1 Å². The minimum Gasteiger partial charge on any atom is -0.357 e. The van der Waals surface area contributed by atoms with E-state index in [0.29, 0.717) is 0 Å². The first kappa shape index (κ1) is 27.7. The lowest BCUT2D eigenvalue weighted by atomic mass is 10.6. The highest BCUT2D eigenvalue weighted by molar-refractivity contribution is 9.26. The number of rotatable bonds is 21. The largest absolute Gasteiger partial charge is 0.357 e. The van der Waals surface area contributed by atoms with Gasteiger partial charge >= 0.3 is 0 Å². The summed E-state index contributed by atoms with van der Waals surface area (Å²) in [5.41, 5.74) is 0. The monoisotopic (exact) mass is 478 g/mol. The molecule has 10 heteroatoms. The Morgan fingerprint density at radius 2 is 0.962 bits per heavy atom. The molecule has 0 unspecified atom stereocenters. The third kappa shape index (κ3) is 19.0. The summed E-state index contributed by atoms with van der Waals surface area (Å²) in [5, 5.41) is 0. The van der Waals surface area contributed by atoms with Crippen LogP contribution in [-0.4, -0.2) is 68.8 Å². The van der Waals surface area contributed by atoms with Gasteiger partial charge in [-0.2, -0.15) is 0 Å². The maximum atomic E-state index is 5.62. The molecule has 0 saturated carbocycles. The smallest absolute Gasteiger partial charge is 0.134 e. The van der Waals surface area contributed by atoms with Crippen molar-refractivity contribution in [1.29, 1.82) is 0 Å². The maximum absolute atomic E-state index is 5.62. The summed E-state index contributed by atoms with van der Waals surface area (Å²) in [4.78, 5) is 0. The van der Waals surface area contributed by atoms with E-state index < -0.39 is 0 Å². The van der Waals surface area contributed by atoms with Crippen molar-refractivity contribution in [3.05, 3.63) is 0 Å². The molecule has 0 aliphatic rings. The fourth-order valence-electron chi connectivity index (χ4n) is 2.22. The van der Waals surface area contributed by atoms with Gasteiger partial charge in [-0.05, 0) is 60.2 Å². The third-order valence-electron chi connectivity index (χ3n) is 3.37. The molecular weight excluding hydrogens is 441 g/mol. The second kappa shape index (κ2) is 23.0. The average molecular weight is 479 g/mol. The zero-order valence-electron chi connectivity index (χ0n) is 16.9. The van der Waals surface area contributed by atoms with Gasteiger partial charge in [-0.25, -0.2) is 0 Å². The summed E-state index contributed by atoms with van der Waals surface area (Å²) >= 11 is 0. The van der Waals surface area contributed by atoms with Crippen molar-refractivity contribution in [3.63, 3.8) is 0 Å². The van der Waals surface area contributed by atoms with Crippen LogP contribution in [0.5, 0.6) is 0 Å². The van der Waals surface area contributed by atoms with Crippen LogP contribution in [0.1, 0.15) is 40.5 Å². The summed E-state index contributed by atoms with van der Waals surface area (Å²) in [7, 11) is 7.29. The minimum atomic E-state index is -0.261. The van der Waals surface area contributed by atoms with Crippen molar-refractivity contribution >= 4 is 60.3 Å². The molecule has 26 heavy (non-hydrogen) atoms. The van der Waals surface area contributed by atoms with Crippen molar-refractivity contribution in [3.8, 4) is 0 Å². The molecule has 0 saturated heterocycles. The molecule has 0 atom stereocenters. The van der Waals surface area contributed by atoms with Gasteiger partial charge < -0.3 is 18.9 Å². The lowest BCUT2D eigenvalue weighted by molar-refractivity contribution is -0.0829. The molecule has 0 aromatic rings. The van der Waals surface area contributed by atoms with Crippen molar-refractivity contribution in [2.75, 3.05) is 37.9 Å². The maximum Gasteiger partial charge on any atom is 0.134 e. The highest BCUT2D eigenvalue weighted by atomic mass is 33.7. The average Bonchev–Trinajstić information content (AvgIpc) is 2.63. The van der Waals surface area contributed by atoms with Gasteiger partial charge in [-0.1, -0.05) is 33.7 Å². The number of hydrogen-bond acceptors (Lipinski definition) is 8. The first-order valence-electron chi connectivity index (χ1n) is 9.82. The van der Waals surface area contributed by atoms with E-state index >= 15 is 0 Å². The summed E-state index contributed by atoms with van der Waals surface area (Å²) < 4.78 is 22.5. The quantitative estimate of drug-likeness (QED) is 0.104. The summed E-state index contributed by atoms with van der Waals surface area (Å²) in [6.45, 7) is 11.2. The van der Waals surface area contributed by atoms with Crippen molar-refractivity contribution in [2.24, 2.45) is 0 Å². The van der Waals surface area contributed by atoms with E-state index in [1.165, 1.54) is 36.4 Å². The van der Waals surface area contributed by atoms with Crippen LogP contribution in [-0.2, 0) is 18.9 Å². The lowest BCUT2D eigenvalue weighted by Crippen LogP contribution is -2.24. The normalized spacial score (nSPS) is 12.7. The topological polar surface area (TPSA) is 36.9 Å². The fourth-order valence-corrected chi connectivity index (χ4v) is 12.6. The zero-order valence-corrected chi connectivity index (χ0v) is 23.0. The molecule has 0 aromatic carbocycles. The summed E-state index contributed by atoms with van der Waals surface area (Å²) in [5.74, 6) is 2.71. The Hall–Kier alpha value is 1.67. The zero-order chi connectivity index (χ0) is 19.3. The van der Waals surface area contributed by atoms with E-state index in [-0.39, 0.29) is 30.9 Å². The minimum absolute atomic E-state index is 0.126. The fraction of sp³-hybridized carbons (Fsp3) is 1.00. The predicted molar refractivity (Wildman–Crippen MR) is 130 cm³/mol. The standard InChI is InChI=1S/C16H38O4S4Si2/c1-5-17-15(18-6-2)25-13-9-11-21-23-24-22-12-10-14-26-16(19-7-3)20-8-4/h15-16H,5-14,25-26H2,1-4H3. The second-order valence-electron chi connectivity index (χ2n) is 5.45. The van der Waals surface area contributed by atoms with Crippen LogP contribution in [0.15, 0.2) is 0 Å². The van der Waals surface area contributed by atoms with Crippen LogP contribution in [0.4, 0.5) is 0 Å². The van der Waals surface area contributed by atoms with E-state index in [1.807, 2.05) is 68.9 Å². The van der Waals surface area contributed by atoms with Crippen LogP contribution >= 0.6 is 41.2 Å². The highest BCUT2D eigenvalue weighted by Crippen LogP contribution is 2.43. The molecule has 0 heterocycles. The van der Waals surface area contributed by atoms with E-state index in [2.05, 4.69) is 0 Å². The molecule has 0 rings (SSSR count). The van der Waals surface area contributed by atoms with Gasteiger partial charge in [0.25, 0.3) is 0 Å². The Kier molecular flexibility index (Phi) is 24.4. The molecule has 0 aliphatic heterocycles. The molecule has 0 radical (unpaired) electrons. The first-order valence-corrected chi connectivity index (χ1v) is 18.6. The molecule has 158 valence electrons. The summed E-state index contributed by atoms with van der Waals surface area (Å²) in [6.07, 6.45) is 2.57. The van der Waals surface area contributed by atoms with E-state index in [1.54, 1.807) is 0 Å². The molecule has 0 aromatic heterocycles. The molecule has 0 N–H and O–H groups in total. The van der Waals surface area contributed by atoms with Crippen molar-refractivity contribution < 1.29 is 18.9 Å². The van der Waals surface area contributed by atoms with Crippen molar-refractivity contribution in [1.82, 2.24) is 0 Å². The first-order chi connectivity index (χ1) is 12.8. The van der Waals surface area contributed by atoms with Crippen LogP contribution in [0.3, 0.4) is 0 Å². The van der Waals surface area contributed by atoms with Crippen molar-refractivity contribution in [2.45, 2.75) is 64.5 Å². The number of hydrogen-bond donors (Lipinski definition) is 0. The van der Waals surface area contributed by atoms with Gasteiger partial charge in [0, 0.05) is 37.9 Å². The van der Waals surface area contributed by atoms with Crippen LogP contribution in [0.25, 0.3) is 0 Å². The Bertz CT molecular complexity index is 247. The van der Waals surface area contributed by atoms with Gasteiger partial charge in [0.1, 0.15) is 11.8 Å². The number of ether oxygens (including phenoxy) is 4. The van der Waals surface area contributed by atoms with Gasteiger partial charge in [0.15, 0.2) is 0 Å². The van der Waals surface area contributed by atoms with Gasteiger partial charge in [-0.3, -0.25) is 0 Å². The molecule has 0 fully saturated rings. The summed E-state index contributed by atoms with van der Waals surface area (Å²) in [6, 6.07) is 2.61.